The summed E-state index contributed by atoms with van der Waals surface area (Å²) >= 11 is 0. The fourth-order valence-corrected chi connectivity index (χ4v) is 9.15. The van der Waals surface area contributed by atoms with Crippen molar-refractivity contribution in [1.82, 2.24) is 25.5 Å². The second kappa shape index (κ2) is 16.2. The maximum absolute atomic E-state index is 13.4. The molecule has 1 spiro atoms. The minimum atomic E-state index is -0.345. The van der Waals surface area contributed by atoms with Crippen molar-refractivity contribution in [2.75, 3.05) is 67.4 Å². The van der Waals surface area contributed by atoms with Gasteiger partial charge in [-0.3, -0.25) is 24.5 Å². The number of rotatable bonds is 12. The third-order valence-electron chi connectivity index (χ3n) is 13.3. The molecule has 3 aromatic rings. The Morgan fingerprint density at radius 3 is 2.55 bits per heavy atom. The minimum Gasteiger partial charge on any atom is -0.495 e. The molecule has 14 heteroatoms. The molecule has 14 nitrogen and oxygen atoms in total. The number of nitrogens with zero attached hydrogens (tertiary/aromatic N) is 6. The maximum atomic E-state index is 13.4. The molecule has 2 aromatic carbocycles. The SMILES string of the molecule is COc1cc(C(=O)NC2CC(N(C)CCC3CCN(c4cccc(C5CCC(=O)NC5=O)c4)CC3)C2)ccc1Nc1ncc2c(n1)N(C(C)C)CC1(CC1)C(=O)N2C. The van der Waals surface area contributed by atoms with Gasteiger partial charge in [0.2, 0.25) is 23.7 Å². The van der Waals surface area contributed by atoms with E-state index in [1.165, 1.54) is 0 Å². The average Bonchev–Trinajstić information content (AvgIpc) is 4.01. The molecule has 1 aromatic heterocycles. The van der Waals surface area contributed by atoms with E-state index in [0.717, 1.165) is 81.6 Å². The highest BCUT2D eigenvalue weighted by molar-refractivity contribution is 6.03. The van der Waals surface area contributed by atoms with Crippen LogP contribution in [0.5, 0.6) is 5.75 Å². The predicted octanol–water partition coefficient (Wildman–Crippen LogP) is 5.22. The Hall–Kier alpha value is -5.24. The fourth-order valence-electron chi connectivity index (χ4n) is 9.15. The number of benzene rings is 2. The van der Waals surface area contributed by atoms with E-state index in [0.29, 0.717) is 60.0 Å². The smallest absolute Gasteiger partial charge is 0.251 e. The van der Waals surface area contributed by atoms with Crippen molar-refractivity contribution in [3.05, 3.63) is 59.8 Å². The second-order valence-electron chi connectivity index (χ2n) is 17.4. The van der Waals surface area contributed by atoms with Gasteiger partial charge in [-0.25, -0.2) is 4.98 Å². The van der Waals surface area contributed by atoms with Crippen LogP contribution in [0, 0.1) is 11.3 Å². The van der Waals surface area contributed by atoms with Crippen molar-refractivity contribution in [2.24, 2.45) is 11.3 Å². The molecule has 1 atom stereocenters. The number of methoxy groups -OCH3 is 1. The number of ether oxygens (including phenoxy) is 1. The molecule has 58 heavy (non-hydrogen) atoms. The summed E-state index contributed by atoms with van der Waals surface area (Å²) in [6, 6.07) is 14.3. The molecule has 308 valence electrons. The van der Waals surface area contributed by atoms with Crippen LogP contribution in [-0.2, 0) is 14.4 Å². The standard InChI is InChI=1S/C44H57N9O5/c1-27(2)53-26-44(16-17-44)42(57)51(4)36-25-45-43(49-39(36)53)47-35-11-9-30(22-37(35)58-5)40(55)46-31-23-33(24-31)50(3)18-13-28-14-19-52(20-15-28)32-8-6-7-29(21-32)34-10-12-38(54)48-41(34)56/h6-9,11,21-22,25,27-28,31,33-34H,10,12-20,23-24,26H2,1-5H3,(H,46,55)(H,45,47,49)(H,48,54,56). The van der Waals surface area contributed by atoms with Crippen LogP contribution >= 0.6 is 0 Å². The van der Waals surface area contributed by atoms with Crippen LogP contribution in [0.1, 0.15) is 93.5 Å². The Kier molecular flexibility index (Phi) is 11.0. The molecule has 5 aliphatic rings. The quantitative estimate of drug-likeness (QED) is 0.207. The molecule has 2 saturated heterocycles. The Morgan fingerprint density at radius 2 is 1.84 bits per heavy atom. The van der Waals surface area contributed by atoms with Gasteiger partial charge in [0, 0.05) is 62.5 Å². The third-order valence-corrected chi connectivity index (χ3v) is 13.3. The van der Waals surface area contributed by atoms with E-state index >= 15 is 0 Å². The Morgan fingerprint density at radius 1 is 1.07 bits per heavy atom. The summed E-state index contributed by atoms with van der Waals surface area (Å²) in [5.41, 5.74) is 3.65. The molecule has 1 unspecified atom stereocenters. The van der Waals surface area contributed by atoms with Crippen molar-refractivity contribution in [1.29, 1.82) is 0 Å². The molecule has 2 aliphatic carbocycles. The number of amides is 4. The number of piperidine rings is 2. The second-order valence-corrected chi connectivity index (χ2v) is 17.4. The summed E-state index contributed by atoms with van der Waals surface area (Å²) in [4.78, 5) is 68.9. The zero-order chi connectivity index (χ0) is 40.7. The lowest BCUT2D eigenvalue weighted by atomic mass is 9.84. The van der Waals surface area contributed by atoms with E-state index < -0.39 is 0 Å². The average molecular weight is 792 g/mol. The van der Waals surface area contributed by atoms with Crippen molar-refractivity contribution >= 4 is 52.5 Å². The van der Waals surface area contributed by atoms with Crippen LogP contribution in [0.15, 0.2) is 48.7 Å². The summed E-state index contributed by atoms with van der Waals surface area (Å²) in [6.07, 6.45) is 9.70. The topological polar surface area (TPSA) is 152 Å². The van der Waals surface area contributed by atoms with Crippen molar-refractivity contribution in [3.63, 3.8) is 0 Å². The van der Waals surface area contributed by atoms with E-state index in [-0.39, 0.29) is 47.0 Å². The van der Waals surface area contributed by atoms with Gasteiger partial charge >= 0.3 is 0 Å². The van der Waals surface area contributed by atoms with E-state index in [1.54, 1.807) is 37.4 Å². The number of carbonyl (C=O) groups excluding carboxylic acids is 4. The summed E-state index contributed by atoms with van der Waals surface area (Å²) in [6.45, 7) is 7.88. The Balaban J connectivity index is 0.793. The van der Waals surface area contributed by atoms with Gasteiger partial charge in [0.05, 0.1) is 30.3 Å². The lowest BCUT2D eigenvalue weighted by Crippen LogP contribution is -2.53. The van der Waals surface area contributed by atoms with Gasteiger partial charge in [-0.2, -0.15) is 4.98 Å². The van der Waals surface area contributed by atoms with Crippen LogP contribution < -0.4 is 35.4 Å². The number of carbonyl (C=O) groups is 4. The molecule has 3 N–H and O–H groups in total. The molecule has 3 aliphatic heterocycles. The first-order valence-corrected chi connectivity index (χ1v) is 21.0. The van der Waals surface area contributed by atoms with Gasteiger partial charge in [0.15, 0.2) is 5.82 Å². The summed E-state index contributed by atoms with van der Waals surface area (Å²) < 4.78 is 5.71. The zero-order valence-electron chi connectivity index (χ0n) is 34.4. The first-order valence-electron chi connectivity index (χ1n) is 21.0. The molecule has 4 fully saturated rings. The third kappa shape index (κ3) is 8.07. The van der Waals surface area contributed by atoms with Gasteiger partial charge in [0.25, 0.3) is 5.91 Å². The van der Waals surface area contributed by atoms with Crippen molar-refractivity contribution in [3.8, 4) is 5.75 Å². The largest absolute Gasteiger partial charge is 0.495 e. The summed E-state index contributed by atoms with van der Waals surface area (Å²) in [5, 5.41) is 8.99. The lowest BCUT2D eigenvalue weighted by molar-refractivity contribution is -0.134. The van der Waals surface area contributed by atoms with Crippen molar-refractivity contribution < 1.29 is 23.9 Å². The number of anilines is 5. The van der Waals surface area contributed by atoms with Crippen LogP contribution in [0.3, 0.4) is 0 Å². The van der Waals surface area contributed by atoms with E-state index in [9.17, 15) is 19.2 Å². The maximum Gasteiger partial charge on any atom is 0.251 e. The molecular weight excluding hydrogens is 735 g/mol. The summed E-state index contributed by atoms with van der Waals surface area (Å²) in [5.74, 6) is 1.65. The van der Waals surface area contributed by atoms with Gasteiger partial charge in [0.1, 0.15) is 11.4 Å². The number of imide groups is 1. The summed E-state index contributed by atoms with van der Waals surface area (Å²) in [7, 11) is 5.58. The Bertz CT molecular complexity index is 2060. The normalized spacial score (nSPS) is 23.1. The van der Waals surface area contributed by atoms with Gasteiger partial charge in [-0.1, -0.05) is 12.1 Å². The van der Waals surface area contributed by atoms with Crippen LogP contribution in [-0.4, -0.2) is 104 Å². The highest BCUT2D eigenvalue weighted by Crippen LogP contribution is 2.52. The number of hydrogen-bond donors (Lipinski definition) is 3. The highest BCUT2D eigenvalue weighted by Gasteiger charge is 2.55. The zero-order valence-corrected chi connectivity index (χ0v) is 34.4. The molecule has 8 rings (SSSR count). The highest BCUT2D eigenvalue weighted by atomic mass is 16.5. The Labute approximate surface area is 341 Å². The first-order chi connectivity index (χ1) is 27.9. The predicted molar refractivity (Wildman–Crippen MR) is 224 cm³/mol. The van der Waals surface area contributed by atoms with E-state index in [4.69, 9.17) is 9.72 Å². The van der Waals surface area contributed by atoms with Crippen LogP contribution in [0.2, 0.25) is 0 Å². The number of fused-ring (bicyclic) bond motifs is 1. The van der Waals surface area contributed by atoms with Gasteiger partial charge in [-0.05, 0) is 121 Å². The van der Waals surface area contributed by atoms with Gasteiger partial charge < -0.3 is 35.0 Å². The first kappa shape index (κ1) is 39.6. The van der Waals surface area contributed by atoms with E-state index in [2.05, 4.69) is 68.7 Å². The van der Waals surface area contributed by atoms with E-state index in [1.807, 2.05) is 18.2 Å². The monoisotopic (exact) mass is 791 g/mol. The molecule has 2 saturated carbocycles. The molecule has 0 bridgehead atoms. The van der Waals surface area contributed by atoms with Crippen LogP contribution in [0.25, 0.3) is 0 Å². The van der Waals surface area contributed by atoms with Gasteiger partial charge in [-0.15, -0.1) is 0 Å². The van der Waals surface area contributed by atoms with Crippen LogP contribution in [0.4, 0.5) is 28.8 Å². The molecule has 4 amide bonds. The van der Waals surface area contributed by atoms with Crippen molar-refractivity contribution in [2.45, 2.75) is 95.7 Å². The lowest BCUT2D eigenvalue weighted by Gasteiger charge is -2.42. The molecule has 0 radical (unpaired) electrons. The fraction of sp³-hybridized carbons (Fsp3) is 0.545. The number of hydrogen-bond acceptors (Lipinski definition) is 11. The molecular formula is C44H57N9O5. The number of nitrogens with one attached hydrogen (secondary N) is 3. The number of aromatic nitrogens is 2. The minimum absolute atomic E-state index is 0.124. The molecule has 4 heterocycles.